The summed E-state index contributed by atoms with van der Waals surface area (Å²) < 4.78 is 10.6. The van der Waals surface area contributed by atoms with Gasteiger partial charge in [-0.05, 0) is 12.5 Å². The summed E-state index contributed by atoms with van der Waals surface area (Å²) in [6, 6.07) is 8.53. The maximum absolute atomic E-state index is 6.26. The first kappa shape index (κ1) is 13.3. The molecule has 1 saturated heterocycles. The van der Waals surface area contributed by atoms with Crippen LogP contribution in [0.3, 0.4) is 0 Å². The molecular formula is C14H22N2O2. The summed E-state index contributed by atoms with van der Waals surface area (Å²) >= 11 is 0. The number of nitrogens with zero attached hydrogens (tertiary/aromatic N) is 1. The van der Waals surface area contributed by atoms with Crippen LogP contribution in [0.1, 0.15) is 18.0 Å². The van der Waals surface area contributed by atoms with Crippen molar-refractivity contribution in [1.29, 1.82) is 0 Å². The number of rotatable bonds is 5. The van der Waals surface area contributed by atoms with Crippen LogP contribution in [-0.4, -0.2) is 44.9 Å². The van der Waals surface area contributed by atoms with Crippen molar-refractivity contribution in [3.63, 3.8) is 0 Å². The second-order valence-electron chi connectivity index (χ2n) is 4.67. The molecule has 18 heavy (non-hydrogen) atoms. The molecule has 2 atom stereocenters. The van der Waals surface area contributed by atoms with Crippen LogP contribution < -0.4 is 10.5 Å². The largest absolute Gasteiger partial charge is 0.496 e. The zero-order chi connectivity index (χ0) is 13.0. The van der Waals surface area contributed by atoms with Gasteiger partial charge in [-0.2, -0.15) is 0 Å². The molecule has 1 heterocycles. The van der Waals surface area contributed by atoms with Crippen LogP contribution in [-0.2, 0) is 4.74 Å². The molecule has 100 valence electrons. The quantitative estimate of drug-likeness (QED) is 0.858. The predicted octanol–water partition coefficient (Wildman–Crippen LogP) is 1.42. The maximum Gasteiger partial charge on any atom is 0.123 e. The fourth-order valence-corrected chi connectivity index (χ4v) is 2.68. The second-order valence-corrected chi connectivity index (χ2v) is 4.67. The molecular weight excluding hydrogens is 228 g/mol. The highest BCUT2D eigenvalue weighted by Gasteiger charge is 2.34. The van der Waals surface area contributed by atoms with Crippen molar-refractivity contribution >= 4 is 0 Å². The Kier molecular flexibility index (Phi) is 4.58. The van der Waals surface area contributed by atoms with Crippen LogP contribution in [0.5, 0.6) is 5.75 Å². The average molecular weight is 250 g/mol. The van der Waals surface area contributed by atoms with E-state index < -0.39 is 0 Å². The van der Waals surface area contributed by atoms with Gasteiger partial charge >= 0.3 is 0 Å². The van der Waals surface area contributed by atoms with E-state index in [0.717, 1.165) is 31.9 Å². The molecule has 1 aromatic carbocycles. The zero-order valence-electron chi connectivity index (χ0n) is 11.1. The lowest BCUT2D eigenvalue weighted by Crippen LogP contribution is -2.34. The summed E-state index contributed by atoms with van der Waals surface area (Å²) in [5.74, 6) is 0.919. The van der Waals surface area contributed by atoms with E-state index >= 15 is 0 Å². The molecule has 1 aliphatic heterocycles. The van der Waals surface area contributed by atoms with Crippen molar-refractivity contribution < 1.29 is 9.47 Å². The summed E-state index contributed by atoms with van der Waals surface area (Å²) in [5, 5.41) is 0. The molecule has 0 spiro atoms. The van der Waals surface area contributed by atoms with E-state index in [1.54, 1.807) is 14.2 Å². The zero-order valence-corrected chi connectivity index (χ0v) is 11.1. The SMILES string of the molecule is COCCN1CCC(N)C1c1ccccc1OC. The van der Waals surface area contributed by atoms with Gasteiger partial charge in [-0.3, -0.25) is 4.90 Å². The van der Waals surface area contributed by atoms with Crippen molar-refractivity contribution in [3.8, 4) is 5.75 Å². The molecule has 2 unspecified atom stereocenters. The van der Waals surface area contributed by atoms with Gasteiger partial charge in [0.2, 0.25) is 0 Å². The summed E-state index contributed by atoms with van der Waals surface area (Å²) in [6.07, 6.45) is 1.02. The van der Waals surface area contributed by atoms with Crippen molar-refractivity contribution in [2.45, 2.75) is 18.5 Å². The summed E-state index contributed by atoms with van der Waals surface area (Å²) in [4.78, 5) is 2.38. The van der Waals surface area contributed by atoms with E-state index in [4.69, 9.17) is 15.2 Å². The fraction of sp³-hybridized carbons (Fsp3) is 0.571. The van der Waals surface area contributed by atoms with Crippen molar-refractivity contribution in [3.05, 3.63) is 29.8 Å². The minimum Gasteiger partial charge on any atom is -0.496 e. The highest BCUT2D eigenvalue weighted by Crippen LogP contribution is 2.35. The molecule has 0 aliphatic carbocycles. The molecule has 1 fully saturated rings. The normalized spacial score (nSPS) is 24.4. The van der Waals surface area contributed by atoms with E-state index in [9.17, 15) is 0 Å². The molecule has 2 rings (SSSR count). The number of hydrogen-bond acceptors (Lipinski definition) is 4. The Morgan fingerprint density at radius 2 is 2.11 bits per heavy atom. The molecule has 0 bridgehead atoms. The molecule has 1 aromatic rings. The highest BCUT2D eigenvalue weighted by atomic mass is 16.5. The first-order chi connectivity index (χ1) is 8.77. The van der Waals surface area contributed by atoms with Gasteiger partial charge in [-0.25, -0.2) is 0 Å². The van der Waals surface area contributed by atoms with Crippen LogP contribution >= 0.6 is 0 Å². The van der Waals surface area contributed by atoms with Crippen LogP contribution in [0, 0.1) is 0 Å². The van der Waals surface area contributed by atoms with Crippen LogP contribution in [0.25, 0.3) is 0 Å². The molecule has 0 aromatic heterocycles. The highest BCUT2D eigenvalue weighted by molar-refractivity contribution is 5.37. The molecule has 0 radical (unpaired) electrons. The van der Waals surface area contributed by atoms with Gasteiger partial charge in [0.05, 0.1) is 19.8 Å². The Morgan fingerprint density at radius 3 is 2.83 bits per heavy atom. The van der Waals surface area contributed by atoms with Crippen LogP contribution in [0.2, 0.25) is 0 Å². The molecule has 4 heteroatoms. The Hall–Kier alpha value is -1.10. The van der Waals surface area contributed by atoms with Crippen molar-refractivity contribution in [1.82, 2.24) is 4.90 Å². The molecule has 0 amide bonds. The molecule has 0 saturated carbocycles. The Bertz CT molecular complexity index is 384. The van der Waals surface area contributed by atoms with Crippen molar-refractivity contribution in [2.24, 2.45) is 5.73 Å². The van der Waals surface area contributed by atoms with Crippen molar-refractivity contribution in [2.75, 3.05) is 33.9 Å². The molecule has 4 nitrogen and oxygen atoms in total. The van der Waals surface area contributed by atoms with Gasteiger partial charge < -0.3 is 15.2 Å². The number of likely N-dealkylation sites (tertiary alicyclic amines) is 1. The average Bonchev–Trinajstić information content (AvgIpc) is 2.77. The van der Waals surface area contributed by atoms with Gasteiger partial charge in [0.1, 0.15) is 5.75 Å². The van der Waals surface area contributed by atoms with E-state index in [-0.39, 0.29) is 12.1 Å². The van der Waals surface area contributed by atoms with E-state index in [1.165, 1.54) is 5.56 Å². The lowest BCUT2D eigenvalue weighted by atomic mass is 10.00. The smallest absolute Gasteiger partial charge is 0.123 e. The van der Waals surface area contributed by atoms with E-state index in [0.29, 0.717) is 0 Å². The topological polar surface area (TPSA) is 47.7 Å². The summed E-state index contributed by atoms with van der Waals surface area (Å²) in [5.41, 5.74) is 7.44. The molecule has 1 aliphatic rings. The maximum atomic E-state index is 6.26. The fourth-order valence-electron chi connectivity index (χ4n) is 2.68. The van der Waals surface area contributed by atoms with Gasteiger partial charge in [0, 0.05) is 31.8 Å². The van der Waals surface area contributed by atoms with E-state index in [2.05, 4.69) is 11.0 Å². The standard InChI is InChI=1S/C14H22N2O2/c1-17-10-9-16-8-7-12(15)14(16)11-5-3-4-6-13(11)18-2/h3-6,12,14H,7-10,15H2,1-2H3. The predicted molar refractivity (Wildman–Crippen MR) is 71.8 cm³/mol. The Balaban J connectivity index is 2.22. The minimum atomic E-state index is 0.165. The molecule has 2 N–H and O–H groups in total. The summed E-state index contributed by atoms with van der Waals surface area (Å²) in [6.45, 7) is 2.67. The van der Waals surface area contributed by atoms with Gasteiger partial charge in [0.25, 0.3) is 0 Å². The van der Waals surface area contributed by atoms with Gasteiger partial charge in [0.15, 0.2) is 0 Å². The lowest BCUT2D eigenvalue weighted by molar-refractivity contribution is 0.138. The monoisotopic (exact) mass is 250 g/mol. The summed E-state index contributed by atoms with van der Waals surface area (Å²) in [7, 11) is 3.44. The third-order valence-electron chi connectivity index (χ3n) is 3.59. The lowest BCUT2D eigenvalue weighted by Gasteiger charge is -2.28. The Labute approximate surface area is 109 Å². The number of para-hydroxylation sites is 1. The third-order valence-corrected chi connectivity index (χ3v) is 3.59. The number of hydrogen-bond donors (Lipinski definition) is 1. The van der Waals surface area contributed by atoms with Gasteiger partial charge in [-0.15, -0.1) is 0 Å². The first-order valence-corrected chi connectivity index (χ1v) is 6.39. The van der Waals surface area contributed by atoms with Gasteiger partial charge in [-0.1, -0.05) is 18.2 Å². The van der Waals surface area contributed by atoms with E-state index in [1.807, 2.05) is 18.2 Å². The number of ether oxygens (including phenoxy) is 2. The number of methoxy groups -OCH3 is 2. The van der Waals surface area contributed by atoms with Crippen LogP contribution in [0.15, 0.2) is 24.3 Å². The van der Waals surface area contributed by atoms with Crippen LogP contribution in [0.4, 0.5) is 0 Å². The third kappa shape index (κ3) is 2.66. The minimum absolute atomic E-state index is 0.165. The second kappa shape index (κ2) is 6.18. The first-order valence-electron chi connectivity index (χ1n) is 6.39. The Morgan fingerprint density at radius 1 is 1.33 bits per heavy atom. The number of benzene rings is 1. The number of nitrogens with two attached hydrogens (primary N) is 1.